The summed E-state index contributed by atoms with van der Waals surface area (Å²) in [5, 5.41) is 2.08. The fourth-order valence-corrected chi connectivity index (χ4v) is 5.07. The molecule has 2 aliphatic rings. The summed E-state index contributed by atoms with van der Waals surface area (Å²) in [6.07, 6.45) is 4.00. The molecule has 1 aromatic heterocycles. The zero-order valence-corrected chi connectivity index (χ0v) is 19.1. The smallest absolute Gasteiger partial charge is 0.257 e. The van der Waals surface area contributed by atoms with E-state index in [1.54, 1.807) is 14.0 Å². The Bertz CT molecular complexity index is 927. The minimum atomic E-state index is 0.0475. The molecule has 31 heavy (non-hydrogen) atoms. The molecule has 1 aromatic carbocycles. The number of benzene rings is 1. The van der Waals surface area contributed by atoms with E-state index in [0.717, 1.165) is 63.3 Å². The average molecular weight is 443 g/mol. The molecule has 1 amide bonds. The van der Waals surface area contributed by atoms with Crippen molar-refractivity contribution in [2.75, 3.05) is 33.3 Å². The van der Waals surface area contributed by atoms with Crippen LogP contribution in [0.5, 0.6) is 11.5 Å². The predicted octanol–water partition coefficient (Wildman–Crippen LogP) is 4.24. The van der Waals surface area contributed by atoms with E-state index in [1.165, 1.54) is 16.9 Å². The Kier molecular flexibility index (Phi) is 6.92. The van der Waals surface area contributed by atoms with Gasteiger partial charge in [-0.1, -0.05) is 0 Å². The molecule has 0 saturated carbocycles. The Labute approximate surface area is 187 Å². The van der Waals surface area contributed by atoms with Gasteiger partial charge in [0.25, 0.3) is 5.91 Å². The summed E-state index contributed by atoms with van der Waals surface area (Å²) in [4.78, 5) is 29.6. The number of Topliss-reactive ketones (excluding diaryl/α,β-unsaturated/α-hetero) is 1. The van der Waals surface area contributed by atoms with Crippen LogP contribution in [0.15, 0.2) is 29.6 Å². The lowest BCUT2D eigenvalue weighted by Crippen LogP contribution is -2.38. The van der Waals surface area contributed by atoms with Gasteiger partial charge in [0, 0.05) is 38.8 Å². The van der Waals surface area contributed by atoms with Gasteiger partial charge in [0.2, 0.25) is 0 Å². The molecule has 2 aliphatic heterocycles. The number of likely N-dealkylation sites (tertiary alicyclic amines) is 2. The molecule has 4 rings (SSSR count). The minimum absolute atomic E-state index is 0.0475. The van der Waals surface area contributed by atoms with Crippen molar-refractivity contribution in [1.29, 1.82) is 0 Å². The molecule has 0 N–H and O–H groups in total. The van der Waals surface area contributed by atoms with E-state index < -0.39 is 0 Å². The lowest BCUT2D eigenvalue weighted by Gasteiger charge is -2.32. The summed E-state index contributed by atoms with van der Waals surface area (Å²) >= 11 is 1.52. The van der Waals surface area contributed by atoms with Crippen molar-refractivity contribution in [3.8, 4) is 11.5 Å². The highest BCUT2D eigenvalue weighted by molar-refractivity contribution is 7.12. The Morgan fingerprint density at radius 3 is 2.48 bits per heavy atom. The predicted molar refractivity (Wildman–Crippen MR) is 121 cm³/mol. The van der Waals surface area contributed by atoms with Gasteiger partial charge in [0.15, 0.2) is 5.78 Å². The third-order valence-electron chi connectivity index (χ3n) is 6.05. The van der Waals surface area contributed by atoms with Crippen LogP contribution in [-0.4, -0.2) is 60.9 Å². The van der Waals surface area contributed by atoms with E-state index in [4.69, 9.17) is 9.47 Å². The van der Waals surface area contributed by atoms with Gasteiger partial charge in [-0.25, -0.2) is 0 Å². The molecule has 6 nitrogen and oxygen atoms in total. The van der Waals surface area contributed by atoms with Gasteiger partial charge in [-0.2, -0.15) is 0 Å². The number of methoxy groups -OCH3 is 1. The number of hydrogen-bond donors (Lipinski definition) is 0. The molecule has 0 aliphatic carbocycles. The van der Waals surface area contributed by atoms with Crippen LogP contribution in [0.3, 0.4) is 0 Å². The van der Waals surface area contributed by atoms with Crippen LogP contribution in [0.2, 0.25) is 0 Å². The highest BCUT2D eigenvalue weighted by atomic mass is 32.1. The van der Waals surface area contributed by atoms with Crippen LogP contribution in [0, 0.1) is 0 Å². The second-order valence-corrected chi connectivity index (χ2v) is 9.24. The molecule has 0 atom stereocenters. The van der Waals surface area contributed by atoms with Crippen LogP contribution in [0.1, 0.15) is 58.2 Å². The maximum absolute atomic E-state index is 13.0. The summed E-state index contributed by atoms with van der Waals surface area (Å²) < 4.78 is 11.7. The van der Waals surface area contributed by atoms with Crippen molar-refractivity contribution >= 4 is 23.0 Å². The Balaban J connectivity index is 1.38. The molecular weight excluding hydrogens is 412 g/mol. The maximum Gasteiger partial charge on any atom is 0.257 e. The third-order valence-corrected chi connectivity index (χ3v) is 7.13. The average Bonchev–Trinajstić information content (AvgIpc) is 3.47. The number of amides is 1. The normalized spacial score (nSPS) is 17.7. The zero-order valence-electron chi connectivity index (χ0n) is 18.3. The van der Waals surface area contributed by atoms with Gasteiger partial charge in [-0.15, -0.1) is 11.3 Å². The van der Waals surface area contributed by atoms with Crippen molar-refractivity contribution in [2.24, 2.45) is 0 Å². The fourth-order valence-electron chi connectivity index (χ4n) is 4.26. The van der Waals surface area contributed by atoms with Crippen molar-refractivity contribution in [3.63, 3.8) is 0 Å². The second-order valence-electron chi connectivity index (χ2n) is 8.33. The van der Waals surface area contributed by atoms with Crippen LogP contribution in [-0.2, 0) is 6.54 Å². The number of ether oxygens (including phenoxy) is 2. The van der Waals surface area contributed by atoms with E-state index in [0.29, 0.717) is 17.1 Å². The number of ketones is 1. The molecule has 2 fully saturated rings. The van der Waals surface area contributed by atoms with Gasteiger partial charge in [-0.05, 0) is 61.7 Å². The second kappa shape index (κ2) is 9.83. The largest absolute Gasteiger partial charge is 0.497 e. The van der Waals surface area contributed by atoms with Crippen molar-refractivity contribution < 1.29 is 19.1 Å². The Morgan fingerprint density at radius 2 is 1.84 bits per heavy atom. The number of rotatable bonds is 7. The van der Waals surface area contributed by atoms with Crippen molar-refractivity contribution in [1.82, 2.24) is 9.80 Å². The maximum atomic E-state index is 13.0. The standard InChI is InChI=1S/C24H30N2O4S/c1-17(27)23-13-18(16-31-23)15-25-11-7-19(8-12-25)30-22-14-20(29-2)5-6-21(22)24(28)26-9-3-4-10-26/h5-6,13-14,16,19H,3-4,7-12,15H2,1-2H3. The lowest BCUT2D eigenvalue weighted by molar-refractivity contribution is 0.0764. The summed E-state index contributed by atoms with van der Waals surface area (Å²) in [6.45, 7) is 5.95. The lowest BCUT2D eigenvalue weighted by atomic mass is 10.1. The molecule has 0 bridgehead atoms. The molecule has 0 spiro atoms. The van der Waals surface area contributed by atoms with Gasteiger partial charge < -0.3 is 14.4 Å². The number of carbonyl (C=O) groups excluding carboxylic acids is 2. The molecule has 2 saturated heterocycles. The van der Waals surface area contributed by atoms with Crippen LogP contribution in [0.4, 0.5) is 0 Å². The van der Waals surface area contributed by atoms with Gasteiger partial charge in [0.05, 0.1) is 17.6 Å². The molecule has 166 valence electrons. The van der Waals surface area contributed by atoms with E-state index in [9.17, 15) is 9.59 Å². The summed E-state index contributed by atoms with van der Waals surface area (Å²) in [5.74, 6) is 1.50. The summed E-state index contributed by atoms with van der Waals surface area (Å²) in [7, 11) is 1.63. The zero-order chi connectivity index (χ0) is 21.8. The first kappa shape index (κ1) is 21.8. The number of piperidine rings is 1. The molecule has 0 unspecified atom stereocenters. The first-order chi connectivity index (χ1) is 15.0. The quantitative estimate of drug-likeness (QED) is 0.601. The number of hydrogen-bond acceptors (Lipinski definition) is 6. The molecular formula is C24H30N2O4S. The van der Waals surface area contributed by atoms with Crippen LogP contribution >= 0.6 is 11.3 Å². The Morgan fingerprint density at radius 1 is 1.10 bits per heavy atom. The van der Waals surface area contributed by atoms with Crippen molar-refractivity contribution in [3.05, 3.63) is 45.6 Å². The fraction of sp³-hybridized carbons (Fsp3) is 0.500. The van der Waals surface area contributed by atoms with E-state index in [1.807, 2.05) is 29.2 Å². The topological polar surface area (TPSA) is 59.1 Å². The van der Waals surface area contributed by atoms with E-state index in [2.05, 4.69) is 10.3 Å². The number of thiophene rings is 1. The van der Waals surface area contributed by atoms with E-state index in [-0.39, 0.29) is 17.8 Å². The summed E-state index contributed by atoms with van der Waals surface area (Å²) in [6, 6.07) is 7.49. The highest BCUT2D eigenvalue weighted by Gasteiger charge is 2.26. The minimum Gasteiger partial charge on any atom is -0.497 e. The van der Waals surface area contributed by atoms with Gasteiger partial charge in [-0.3, -0.25) is 14.5 Å². The van der Waals surface area contributed by atoms with Crippen molar-refractivity contribution in [2.45, 2.75) is 45.3 Å². The first-order valence-electron chi connectivity index (χ1n) is 11.0. The third kappa shape index (κ3) is 5.28. The number of carbonyl (C=O) groups is 2. The molecule has 7 heteroatoms. The SMILES string of the molecule is COc1ccc(C(=O)N2CCCC2)c(OC2CCN(Cc3csc(C(C)=O)c3)CC2)c1. The van der Waals surface area contributed by atoms with Gasteiger partial charge in [0.1, 0.15) is 17.6 Å². The molecule has 3 heterocycles. The van der Waals surface area contributed by atoms with Crippen LogP contribution < -0.4 is 9.47 Å². The van der Waals surface area contributed by atoms with Gasteiger partial charge >= 0.3 is 0 Å². The highest BCUT2D eigenvalue weighted by Crippen LogP contribution is 2.30. The molecule has 0 radical (unpaired) electrons. The number of nitrogens with zero attached hydrogens (tertiary/aromatic N) is 2. The first-order valence-corrected chi connectivity index (χ1v) is 11.9. The van der Waals surface area contributed by atoms with Crippen LogP contribution in [0.25, 0.3) is 0 Å². The Hall–Kier alpha value is -2.38. The monoisotopic (exact) mass is 442 g/mol. The molecule has 2 aromatic rings. The van der Waals surface area contributed by atoms with E-state index >= 15 is 0 Å². The summed E-state index contributed by atoms with van der Waals surface area (Å²) in [5.41, 5.74) is 1.82.